The molecule has 7 heteroatoms. The lowest BCUT2D eigenvalue weighted by Gasteiger charge is -2.33. The third-order valence-electron chi connectivity index (χ3n) is 4.02. The highest BCUT2D eigenvalue weighted by molar-refractivity contribution is 6.01. The van der Waals surface area contributed by atoms with Crippen LogP contribution in [0.5, 0.6) is 0 Å². The lowest BCUT2D eigenvalue weighted by molar-refractivity contribution is -0.168. The third kappa shape index (κ3) is 4.67. The Kier molecular flexibility index (Phi) is 8.02. The monoisotopic (exact) mass is 328 g/mol. The van der Waals surface area contributed by atoms with Gasteiger partial charge in [-0.05, 0) is 33.7 Å². The van der Waals surface area contributed by atoms with Crippen LogP contribution in [0.15, 0.2) is 0 Å². The van der Waals surface area contributed by atoms with Gasteiger partial charge < -0.3 is 14.4 Å². The molecular weight excluding hydrogens is 300 g/mol. The van der Waals surface area contributed by atoms with Crippen LogP contribution in [0.25, 0.3) is 0 Å². The van der Waals surface area contributed by atoms with E-state index in [9.17, 15) is 14.4 Å². The van der Waals surface area contributed by atoms with Crippen molar-refractivity contribution in [1.29, 1.82) is 0 Å². The van der Waals surface area contributed by atoms with Crippen molar-refractivity contribution >= 4 is 17.8 Å². The zero-order chi connectivity index (χ0) is 17.4. The molecule has 0 saturated carbocycles. The smallest absolute Gasteiger partial charge is 0.322 e. The maximum atomic E-state index is 12.9. The summed E-state index contributed by atoms with van der Waals surface area (Å²) in [5, 5.41) is 0. The fourth-order valence-corrected chi connectivity index (χ4v) is 2.90. The number of carbonyl (C=O) groups excluding carboxylic acids is 3. The fraction of sp³-hybridized carbons (Fsp3) is 0.812. The molecular formula is C16H28N2O5. The first-order valence-electron chi connectivity index (χ1n) is 8.37. The van der Waals surface area contributed by atoms with Crippen LogP contribution in [0, 0.1) is 5.92 Å². The Morgan fingerprint density at radius 2 is 1.61 bits per heavy atom. The first-order chi connectivity index (χ1) is 11.0. The molecule has 0 N–H and O–H groups in total. The summed E-state index contributed by atoms with van der Waals surface area (Å²) in [5.74, 6) is -2.84. The molecule has 1 aliphatic rings. The van der Waals surface area contributed by atoms with Crippen LogP contribution in [-0.2, 0) is 23.9 Å². The first kappa shape index (κ1) is 19.4. The summed E-state index contributed by atoms with van der Waals surface area (Å²) in [6.45, 7) is 9.85. The number of hydrogen-bond donors (Lipinski definition) is 0. The van der Waals surface area contributed by atoms with E-state index in [1.165, 1.54) is 0 Å². The molecule has 0 aliphatic carbocycles. The Bertz CT molecular complexity index is 409. The van der Waals surface area contributed by atoms with Gasteiger partial charge in [0.05, 0.1) is 13.2 Å². The van der Waals surface area contributed by atoms with Gasteiger partial charge in [0.2, 0.25) is 5.91 Å². The van der Waals surface area contributed by atoms with Gasteiger partial charge in [0, 0.05) is 19.6 Å². The van der Waals surface area contributed by atoms with Crippen LogP contribution in [0.4, 0.5) is 0 Å². The highest BCUT2D eigenvalue weighted by Gasteiger charge is 2.46. The average Bonchev–Trinajstić information content (AvgIpc) is 2.68. The average molecular weight is 328 g/mol. The number of carbonyl (C=O) groups is 3. The van der Waals surface area contributed by atoms with Gasteiger partial charge in [-0.1, -0.05) is 6.92 Å². The lowest BCUT2D eigenvalue weighted by atomic mass is 9.96. The summed E-state index contributed by atoms with van der Waals surface area (Å²) in [7, 11) is 0. The predicted molar refractivity (Wildman–Crippen MR) is 84.7 cm³/mol. The van der Waals surface area contributed by atoms with Crippen molar-refractivity contribution in [2.45, 2.75) is 40.2 Å². The molecule has 1 fully saturated rings. The quantitative estimate of drug-likeness (QED) is 0.505. The maximum Gasteiger partial charge on any atom is 0.322 e. The summed E-state index contributed by atoms with van der Waals surface area (Å²) in [6, 6.07) is -0.861. The Morgan fingerprint density at radius 3 is 2.04 bits per heavy atom. The number of likely N-dealkylation sites (N-methyl/N-ethyl adjacent to an activating group) is 2. The Morgan fingerprint density at radius 1 is 1.04 bits per heavy atom. The van der Waals surface area contributed by atoms with Crippen LogP contribution in [-0.4, -0.2) is 73.1 Å². The summed E-state index contributed by atoms with van der Waals surface area (Å²) in [5.41, 5.74) is 0. The largest absolute Gasteiger partial charge is 0.465 e. The molecule has 0 aromatic heterocycles. The molecule has 7 nitrogen and oxygen atoms in total. The number of esters is 2. The predicted octanol–water partition coefficient (Wildman–Crippen LogP) is 0.672. The SMILES string of the molecule is CCOC(=O)C(C(=O)OCC)C1C(=O)N(CC)CCCN1CC. The lowest BCUT2D eigenvalue weighted by Crippen LogP contribution is -2.55. The van der Waals surface area contributed by atoms with Gasteiger partial charge >= 0.3 is 11.9 Å². The number of amides is 1. The van der Waals surface area contributed by atoms with Gasteiger partial charge in [-0.2, -0.15) is 0 Å². The summed E-state index contributed by atoms with van der Waals surface area (Å²) >= 11 is 0. The van der Waals surface area contributed by atoms with E-state index in [2.05, 4.69) is 0 Å². The highest BCUT2D eigenvalue weighted by Crippen LogP contribution is 2.21. The number of rotatable bonds is 7. The van der Waals surface area contributed by atoms with E-state index >= 15 is 0 Å². The molecule has 0 radical (unpaired) electrons. The minimum atomic E-state index is -1.24. The van der Waals surface area contributed by atoms with Crippen molar-refractivity contribution in [3.05, 3.63) is 0 Å². The zero-order valence-electron chi connectivity index (χ0n) is 14.5. The van der Waals surface area contributed by atoms with Crippen LogP contribution in [0.2, 0.25) is 0 Å². The zero-order valence-corrected chi connectivity index (χ0v) is 14.5. The third-order valence-corrected chi connectivity index (χ3v) is 4.02. The van der Waals surface area contributed by atoms with Gasteiger partial charge in [-0.3, -0.25) is 19.3 Å². The fourth-order valence-electron chi connectivity index (χ4n) is 2.90. The standard InChI is InChI=1S/C16H28N2O5/c1-5-17-10-9-11-18(6-2)14(19)13(17)12(15(20)22-7-3)16(21)23-8-4/h12-13H,5-11H2,1-4H3. The number of hydrogen-bond acceptors (Lipinski definition) is 6. The van der Waals surface area contributed by atoms with Crippen molar-refractivity contribution in [1.82, 2.24) is 9.80 Å². The van der Waals surface area contributed by atoms with Crippen molar-refractivity contribution < 1.29 is 23.9 Å². The summed E-state index contributed by atoms with van der Waals surface area (Å²) < 4.78 is 10.1. The molecule has 1 amide bonds. The second-order valence-corrected chi connectivity index (χ2v) is 5.33. The van der Waals surface area contributed by atoms with Gasteiger partial charge in [-0.15, -0.1) is 0 Å². The molecule has 1 rings (SSSR count). The molecule has 1 aliphatic heterocycles. The molecule has 1 atom stereocenters. The molecule has 23 heavy (non-hydrogen) atoms. The Balaban J connectivity index is 3.21. The molecule has 132 valence electrons. The Labute approximate surface area is 137 Å². The molecule has 0 bridgehead atoms. The minimum Gasteiger partial charge on any atom is -0.465 e. The van der Waals surface area contributed by atoms with Gasteiger partial charge in [0.25, 0.3) is 0 Å². The van der Waals surface area contributed by atoms with Gasteiger partial charge in [0.15, 0.2) is 5.92 Å². The molecule has 1 heterocycles. The minimum absolute atomic E-state index is 0.152. The van der Waals surface area contributed by atoms with E-state index in [1.54, 1.807) is 18.7 Å². The normalized spacial score (nSPS) is 19.6. The van der Waals surface area contributed by atoms with Crippen LogP contribution < -0.4 is 0 Å². The highest BCUT2D eigenvalue weighted by atomic mass is 16.6. The molecule has 1 saturated heterocycles. The van der Waals surface area contributed by atoms with Crippen LogP contribution in [0.3, 0.4) is 0 Å². The maximum absolute atomic E-state index is 12.9. The van der Waals surface area contributed by atoms with E-state index in [4.69, 9.17) is 9.47 Å². The van der Waals surface area contributed by atoms with E-state index < -0.39 is 23.9 Å². The Hall–Kier alpha value is -1.63. The van der Waals surface area contributed by atoms with Crippen molar-refractivity contribution in [2.24, 2.45) is 5.92 Å². The van der Waals surface area contributed by atoms with Crippen LogP contribution >= 0.6 is 0 Å². The topological polar surface area (TPSA) is 76.2 Å². The summed E-state index contributed by atoms with van der Waals surface area (Å²) in [4.78, 5) is 41.1. The first-order valence-corrected chi connectivity index (χ1v) is 8.37. The molecule has 0 aromatic rings. The van der Waals surface area contributed by atoms with Crippen molar-refractivity contribution in [2.75, 3.05) is 39.4 Å². The van der Waals surface area contributed by atoms with Crippen molar-refractivity contribution in [3.8, 4) is 0 Å². The van der Waals surface area contributed by atoms with E-state index in [0.29, 0.717) is 26.2 Å². The molecule has 0 spiro atoms. The second-order valence-electron chi connectivity index (χ2n) is 5.33. The second kappa shape index (κ2) is 9.50. The van der Waals surface area contributed by atoms with E-state index in [1.807, 2.05) is 18.7 Å². The van der Waals surface area contributed by atoms with Gasteiger partial charge in [0.1, 0.15) is 6.04 Å². The number of nitrogens with zero attached hydrogens (tertiary/aromatic N) is 2. The number of ether oxygens (including phenoxy) is 2. The van der Waals surface area contributed by atoms with E-state index in [0.717, 1.165) is 6.42 Å². The van der Waals surface area contributed by atoms with Crippen LogP contribution in [0.1, 0.15) is 34.1 Å². The van der Waals surface area contributed by atoms with Crippen molar-refractivity contribution in [3.63, 3.8) is 0 Å². The summed E-state index contributed by atoms with van der Waals surface area (Å²) in [6.07, 6.45) is 0.808. The molecule has 1 unspecified atom stereocenters. The van der Waals surface area contributed by atoms with E-state index in [-0.39, 0.29) is 19.1 Å². The van der Waals surface area contributed by atoms with Gasteiger partial charge in [-0.25, -0.2) is 0 Å². The molecule has 0 aromatic carbocycles.